The van der Waals surface area contributed by atoms with Gasteiger partial charge < -0.3 is 5.11 Å². The first kappa shape index (κ1) is 17.0. The summed E-state index contributed by atoms with van der Waals surface area (Å²) >= 11 is 0. The number of carboxylic acids is 1. The number of aryl methyl sites for hydroxylation is 2. The van der Waals surface area contributed by atoms with Crippen LogP contribution in [0.2, 0.25) is 0 Å². The minimum Gasteiger partial charge on any atom is -0.481 e. The van der Waals surface area contributed by atoms with Gasteiger partial charge in [-0.25, -0.2) is 8.42 Å². The minimum atomic E-state index is -3.70. The highest BCUT2D eigenvalue weighted by Crippen LogP contribution is 2.23. The Morgan fingerprint density at radius 1 is 1.26 bits per heavy atom. The molecule has 0 bridgehead atoms. The van der Waals surface area contributed by atoms with E-state index in [4.69, 9.17) is 5.11 Å². The van der Waals surface area contributed by atoms with E-state index in [1.54, 1.807) is 37.3 Å². The fourth-order valence-corrected chi connectivity index (χ4v) is 3.20. The van der Waals surface area contributed by atoms with Crippen molar-refractivity contribution in [1.82, 2.24) is 4.98 Å². The molecule has 0 atom stereocenters. The van der Waals surface area contributed by atoms with Crippen molar-refractivity contribution in [1.29, 1.82) is 0 Å². The average molecular weight is 334 g/mol. The van der Waals surface area contributed by atoms with Crippen LogP contribution in [0.1, 0.15) is 17.7 Å². The monoisotopic (exact) mass is 334 g/mol. The highest BCUT2D eigenvalue weighted by Gasteiger charge is 2.21. The number of carbonyl (C=O) groups is 1. The lowest BCUT2D eigenvalue weighted by Crippen LogP contribution is -2.26. The Hall–Kier alpha value is -2.41. The van der Waals surface area contributed by atoms with Crippen molar-refractivity contribution >= 4 is 21.7 Å². The number of aromatic nitrogens is 1. The van der Waals surface area contributed by atoms with Crippen LogP contribution in [-0.2, 0) is 21.2 Å². The first-order chi connectivity index (χ1) is 10.8. The van der Waals surface area contributed by atoms with Crippen molar-refractivity contribution in [3.8, 4) is 0 Å². The van der Waals surface area contributed by atoms with Crippen LogP contribution in [0.4, 0.5) is 5.69 Å². The molecule has 0 amide bonds. The SMILES string of the molecule is Cc1ccc(S(=O)(=O)N(C)c2cccc(CCC(=O)O)c2)cn1. The largest absolute Gasteiger partial charge is 0.481 e. The number of anilines is 1. The van der Waals surface area contributed by atoms with E-state index in [2.05, 4.69) is 4.98 Å². The second-order valence-corrected chi connectivity index (χ2v) is 7.14. The van der Waals surface area contributed by atoms with Gasteiger partial charge in [0.1, 0.15) is 4.90 Å². The third kappa shape index (κ3) is 4.07. The Morgan fingerprint density at radius 3 is 2.61 bits per heavy atom. The van der Waals surface area contributed by atoms with Crippen LogP contribution in [0.3, 0.4) is 0 Å². The van der Waals surface area contributed by atoms with Gasteiger partial charge in [-0.1, -0.05) is 12.1 Å². The molecular formula is C16H18N2O4S. The lowest BCUT2D eigenvalue weighted by Gasteiger charge is -2.20. The summed E-state index contributed by atoms with van der Waals surface area (Å²) < 4.78 is 26.4. The molecule has 0 unspecified atom stereocenters. The van der Waals surface area contributed by atoms with Crippen LogP contribution in [0.25, 0.3) is 0 Å². The first-order valence-electron chi connectivity index (χ1n) is 7.03. The van der Waals surface area contributed by atoms with Gasteiger partial charge in [0.15, 0.2) is 0 Å². The lowest BCUT2D eigenvalue weighted by atomic mass is 10.1. The van der Waals surface area contributed by atoms with Crippen LogP contribution in [0.5, 0.6) is 0 Å². The zero-order valence-corrected chi connectivity index (χ0v) is 13.7. The highest BCUT2D eigenvalue weighted by molar-refractivity contribution is 7.92. The molecule has 7 heteroatoms. The normalized spacial score (nSPS) is 11.2. The summed E-state index contributed by atoms with van der Waals surface area (Å²) in [6, 6.07) is 10.0. The molecular weight excluding hydrogens is 316 g/mol. The number of sulfonamides is 1. The van der Waals surface area contributed by atoms with Gasteiger partial charge in [0, 0.05) is 25.4 Å². The zero-order valence-electron chi connectivity index (χ0n) is 12.9. The second-order valence-electron chi connectivity index (χ2n) is 5.17. The molecule has 0 aliphatic rings. The van der Waals surface area contributed by atoms with Crippen LogP contribution in [0.15, 0.2) is 47.5 Å². The van der Waals surface area contributed by atoms with E-state index in [0.29, 0.717) is 12.1 Å². The molecule has 0 spiro atoms. The molecule has 2 rings (SSSR count). The molecule has 0 radical (unpaired) electrons. The van der Waals surface area contributed by atoms with Crippen LogP contribution in [-0.4, -0.2) is 31.5 Å². The Kier molecular flexibility index (Phi) is 5.00. The average Bonchev–Trinajstić information content (AvgIpc) is 2.53. The number of rotatable bonds is 6. The van der Waals surface area contributed by atoms with Gasteiger partial charge in [-0.2, -0.15) is 0 Å². The Balaban J connectivity index is 2.28. The molecule has 1 N–H and O–H groups in total. The van der Waals surface area contributed by atoms with E-state index in [9.17, 15) is 13.2 Å². The number of nitrogens with zero attached hydrogens (tertiary/aromatic N) is 2. The fourth-order valence-electron chi connectivity index (χ4n) is 2.06. The van der Waals surface area contributed by atoms with Gasteiger partial charge in [0.05, 0.1) is 5.69 Å². The van der Waals surface area contributed by atoms with Crippen molar-refractivity contribution in [3.05, 3.63) is 53.9 Å². The zero-order chi connectivity index (χ0) is 17.0. The second kappa shape index (κ2) is 6.78. The molecule has 6 nitrogen and oxygen atoms in total. The molecule has 1 heterocycles. The molecule has 0 saturated heterocycles. The van der Waals surface area contributed by atoms with Crippen LogP contribution in [0, 0.1) is 6.92 Å². The number of aliphatic carboxylic acids is 1. The number of benzene rings is 1. The summed E-state index contributed by atoms with van der Waals surface area (Å²) in [7, 11) is -2.24. The van der Waals surface area contributed by atoms with Crippen LogP contribution < -0.4 is 4.31 Å². The number of hydrogen-bond acceptors (Lipinski definition) is 4. The van der Waals surface area contributed by atoms with E-state index in [1.165, 1.54) is 23.6 Å². The molecule has 0 aliphatic heterocycles. The van der Waals surface area contributed by atoms with Crippen molar-refractivity contribution in [2.24, 2.45) is 0 Å². The Bertz CT molecular complexity index is 801. The van der Waals surface area contributed by atoms with Crippen molar-refractivity contribution < 1.29 is 18.3 Å². The van der Waals surface area contributed by atoms with E-state index in [-0.39, 0.29) is 11.3 Å². The molecule has 1 aromatic heterocycles. The van der Waals surface area contributed by atoms with E-state index in [0.717, 1.165) is 11.3 Å². The number of hydrogen-bond donors (Lipinski definition) is 1. The third-order valence-electron chi connectivity index (χ3n) is 3.44. The molecule has 23 heavy (non-hydrogen) atoms. The fraction of sp³-hybridized carbons (Fsp3) is 0.250. The maximum Gasteiger partial charge on any atom is 0.303 e. The van der Waals surface area contributed by atoms with Crippen molar-refractivity contribution in [2.75, 3.05) is 11.4 Å². The van der Waals surface area contributed by atoms with E-state index >= 15 is 0 Å². The minimum absolute atomic E-state index is 0.00179. The summed E-state index contributed by atoms with van der Waals surface area (Å²) in [5.74, 6) is -0.887. The van der Waals surface area contributed by atoms with Gasteiger partial charge in [-0.3, -0.25) is 14.1 Å². The summed E-state index contributed by atoms with van der Waals surface area (Å²) in [5, 5.41) is 8.74. The topological polar surface area (TPSA) is 87.6 Å². The molecule has 0 fully saturated rings. The third-order valence-corrected chi connectivity index (χ3v) is 5.21. The van der Waals surface area contributed by atoms with Gasteiger partial charge in [0.2, 0.25) is 0 Å². The van der Waals surface area contributed by atoms with Gasteiger partial charge >= 0.3 is 5.97 Å². The van der Waals surface area contributed by atoms with E-state index < -0.39 is 16.0 Å². The predicted molar refractivity (Wildman–Crippen MR) is 87.0 cm³/mol. The molecule has 0 aliphatic carbocycles. The number of pyridine rings is 1. The molecule has 2 aromatic rings. The smallest absolute Gasteiger partial charge is 0.303 e. The standard InChI is InChI=1S/C16H18N2O4S/c1-12-6-8-15(11-17-12)23(21,22)18(2)14-5-3-4-13(10-14)7-9-16(19)20/h3-6,8,10-11H,7,9H2,1-2H3,(H,19,20). The summed E-state index contributed by atoms with van der Waals surface area (Å²) in [5.41, 5.74) is 1.99. The maximum absolute atomic E-state index is 12.6. The van der Waals surface area contributed by atoms with Gasteiger partial charge in [-0.05, 0) is 43.2 Å². The Morgan fingerprint density at radius 2 is 2.00 bits per heavy atom. The molecule has 0 saturated carbocycles. The van der Waals surface area contributed by atoms with Gasteiger partial charge in [-0.15, -0.1) is 0 Å². The summed E-state index contributed by atoms with van der Waals surface area (Å²) in [6.45, 7) is 1.78. The van der Waals surface area contributed by atoms with Gasteiger partial charge in [0.25, 0.3) is 10.0 Å². The highest BCUT2D eigenvalue weighted by atomic mass is 32.2. The maximum atomic E-state index is 12.6. The first-order valence-corrected chi connectivity index (χ1v) is 8.47. The van der Waals surface area contributed by atoms with E-state index in [1.807, 2.05) is 0 Å². The lowest BCUT2D eigenvalue weighted by molar-refractivity contribution is -0.136. The summed E-state index contributed by atoms with van der Waals surface area (Å²) in [6.07, 6.45) is 1.68. The molecule has 1 aromatic carbocycles. The van der Waals surface area contributed by atoms with Crippen LogP contribution >= 0.6 is 0 Å². The summed E-state index contributed by atoms with van der Waals surface area (Å²) in [4.78, 5) is 14.8. The quantitative estimate of drug-likeness (QED) is 0.875. The van der Waals surface area contributed by atoms with Crippen molar-refractivity contribution in [2.45, 2.75) is 24.7 Å². The van der Waals surface area contributed by atoms with Crippen molar-refractivity contribution in [3.63, 3.8) is 0 Å². The predicted octanol–water partition coefficient (Wildman–Crippen LogP) is 2.23. The Labute approximate surface area is 135 Å². The molecule has 122 valence electrons. The number of carboxylic acid groups (broad SMARTS) is 1.